The van der Waals surface area contributed by atoms with Gasteiger partial charge in [-0.3, -0.25) is 4.79 Å². The lowest BCUT2D eigenvalue weighted by Gasteiger charge is -2.17. The number of carbonyl (C=O) groups excluding carboxylic acids is 3. The summed E-state index contributed by atoms with van der Waals surface area (Å²) in [6, 6.07) is -0.160. The number of esters is 1. The van der Waals surface area contributed by atoms with Crippen LogP contribution in [0.2, 0.25) is 0 Å². The summed E-state index contributed by atoms with van der Waals surface area (Å²) in [5.74, 6) is -1.39. The number of hydrogen-bond donors (Lipinski definition) is 3. The Bertz CT molecular complexity index is 487. The van der Waals surface area contributed by atoms with Crippen molar-refractivity contribution in [1.82, 2.24) is 5.32 Å². The van der Waals surface area contributed by atoms with Gasteiger partial charge in [-0.2, -0.15) is 5.26 Å². The third-order valence-electron chi connectivity index (χ3n) is 2.44. The third-order valence-corrected chi connectivity index (χ3v) is 2.44. The predicted octanol–water partition coefficient (Wildman–Crippen LogP) is -0.0620. The molecule has 5 N–H and O–H groups in total. The monoisotopic (exact) mass is 296 g/mol. The summed E-state index contributed by atoms with van der Waals surface area (Å²) in [6.45, 7) is 4.48. The second-order valence-corrected chi connectivity index (χ2v) is 4.89. The van der Waals surface area contributed by atoms with Gasteiger partial charge in [0.2, 0.25) is 5.78 Å². The molecule has 0 aliphatic heterocycles. The molecule has 0 unspecified atom stereocenters. The van der Waals surface area contributed by atoms with Crippen LogP contribution in [0, 0.1) is 17.2 Å². The van der Waals surface area contributed by atoms with Gasteiger partial charge in [0, 0.05) is 5.70 Å². The molecule has 0 heterocycles. The summed E-state index contributed by atoms with van der Waals surface area (Å²) >= 11 is 0. The lowest BCUT2D eigenvalue weighted by Crippen LogP contribution is -2.45. The van der Waals surface area contributed by atoms with Crippen molar-refractivity contribution in [2.24, 2.45) is 17.4 Å². The van der Waals surface area contributed by atoms with Crippen LogP contribution in [0.25, 0.3) is 0 Å². The highest BCUT2D eigenvalue weighted by Crippen LogP contribution is 2.07. The number of nitrogens with zero attached hydrogens (tertiary/aromatic N) is 1. The number of Topliss-reactive ketones (excluding diaryl/α,β-unsaturated/α-hetero) is 1. The van der Waals surface area contributed by atoms with Crippen molar-refractivity contribution in [3.05, 3.63) is 11.3 Å². The van der Waals surface area contributed by atoms with Gasteiger partial charge in [0.1, 0.15) is 17.7 Å². The van der Waals surface area contributed by atoms with E-state index in [0.717, 1.165) is 0 Å². The molecule has 1 atom stereocenters. The molecule has 8 nitrogen and oxygen atoms in total. The molecule has 2 amide bonds. The molecular weight excluding hydrogens is 276 g/mol. The Balaban J connectivity index is 4.71. The van der Waals surface area contributed by atoms with Gasteiger partial charge in [0.25, 0.3) is 0 Å². The number of carbonyl (C=O) groups is 3. The number of primary amides is 1. The van der Waals surface area contributed by atoms with Crippen LogP contribution in [0.3, 0.4) is 0 Å². The molecule has 0 saturated heterocycles. The van der Waals surface area contributed by atoms with Crippen LogP contribution in [-0.2, 0) is 14.3 Å². The molecule has 0 spiro atoms. The van der Waals surface area contributed by atoms with Gasteiger partial charge in [-0.15, -0.1) is 0 Å². The van der Waals surface area contributed by atoms with E-state index in [4.69, 9.17) is 21.5 Å². The Hall–Kier alpha value is -2.56. The standard InChI is InChI=1S/C13H20N4O4/c1-7(2)4-10(17-13(16)20)12(19)21-6-11(18)9(5-14)8(3)15/h7,10H,4,6,15H2,1-3H3,(H3,16,17,20)/b9-8+/t10-/m0/s1. The average molecular weight is 296 g/mol. The van der Waals surface area contributed by atoms with Crippen LogP contribution < -0.4 is 16.8 Å². The van der Waals surface area contributed by atoms with Crippen LogP contribution in [0.5, 0.6) is 0 Å². The molecule has 0 aliphatic carbocycles. The van der Waals surface area contributed by atoms with E-state index in [0.29, 0.717) is 6.42 Å². The molecule has 0 fully saturated rings. The highest BCUT2D eigenvalue weighted by molar-refractivity contribution is 6.01. The molecule has 116 valence electrons. The first-order valence-corrected chi connectivity index (χ1v) is 6.31. The van der Waals surface area contributed by atoms with Crippen molar-refractivity contribution in [2.75, 3.05) is 6.61 Å². The number of ketones is 1. The van der Waals surface area contributed by atoms with E-state index in [-0.39, 0.29) is 17.2 Å². The third kappa shape index (κ3) is 6.96. The number of nitrogens with two attached hydrogens (primary N) is 2. The molecule has 0 aromatic carbocycles. The fraction of sp³-hybridized carbons (Fsp3) is 0.538. The first-order valence-electron chi connectivity index (χ1n) is 6.31. The largest absolute Gasteiger partial charge is 0.456 e. The number of nitriles is 1. The van der Waals surface area contributed by atoms with Gasteiger partial charge < -0.3 is 21.5 Å². The summed E-state index contributed by atoms with van der Waals surface area (Å²) in [4.78, 5) is 34.3. The number of amides is 2. The molecule has 0 rings (SSSR count). The Kier molecular flexibility index (Phi) is 7.53. The second kappa shape index (κ2) is 8.58. The number of nitrogens with one attached hydrogen (secondary N) is 1. The Morgan fingerprint density at radius 3 is 2.24 bits per heavy atom. The maximum Gasteiger partial charge on any atom is 0.329 e. The van der Waals surface area contributed by atoms with Gasteiger partial charge in [0.15, 0.2) is 6.61 Å². The number of hydrogen-bond acceptors (Lipinski definition) is 6. The quantitative estimate of drug-likeness (QED) is 0.340. The highest BCUT2D eigenvalue weighted by Gasteiger charge is 2.24. The fourth-order valence-electron chi connectivity index (χ4n) is 1.54. The fourth-order valence-corrected chi connectivity index (χ4v) is 1.54. The lowest BCUT2D eigenvalue weighted by molar-refractivity contribution is -0.149. The molecule has 0 aliphatic rings. The maximum atomic E-state index is 11.8. The van der Waals surface area contributed by atoms with E-state index >= 15 is 0 Å². The van der Waals surface area contributed by atoms with Crippen molar-refractivity contribution in [2.45, 2.75) is 33.2 Å². The van der Waals surface area contributed by atoms with E-state index in [1.54, 1.807) is 6.07 Å². The average Bonchev–Trinajstić information content (AvgIpc) is 2.34. The van der Waals surface area contributed by atoms with Crippen molar-refractivity contribution in [1.29, 1.82) is 5.26 Å². The maximum absolute atomic E-state index is 11.8. The topological polar surface area (TPSA) is 148 Å². The SMILES string of the molecule is C/C(N)=C(/C#N)C(=O)COC(=O)[C@H](CC(C)C)NC(N)=O. The van der Waals surface area contributed by atoms with Crippen LogP contribution in [0.1, 0.15) is 27.2 Å². The highest BCUT2D eigenvalue weighted by atomic mass is 16.5. The van der Waals surface area contributed by atoms with Crippen LogP contribution in [0.15, 0.2) is 11.3 Å². The van der Waals surface area contributed by atoms with E-state index < -0.39 is 30.4 Å². The molecule has 0 aromatic heterocycles. The van der Waals surface area contributed by atoms with E-state index in [1.165, 1.54) is 6.92 Å². The summed E-state index contributed by atoms with van der Waals surface area (Å²) in [5, 5.41) is 11.0. The zero-order valence-electron chi connectivity index (χ0n) is 12.3. The van der Waals surface area contributed by atoms with Crippen LogP contribution in [-0.4, -0.2) is 30.4 Å². The minimum atomic E-state index is -0.941. The minimum absolute atomic E-state index is 0.0486. The Labute approximate surface area is 123 Å². The smallest absolute Gasteiger partial charge is 0.329 e. The Morgan fingerprint density at radius 2 is 1.86 bits per heavy atom. The zero-order chi connectivity index (χ0) is 16.6. The molecule has 0 saturated carbocycles. The molecule has 21 heavy (non-hydrogen) atoms. The van der Waals surface area contributed by atoms with Gasteiger partial charge in [0.05, 0.1) is 0 Å². The van der Waals surface area contributed by atoms with Crippen molar-refractivity contribution < 1.29 is 19.1 Å². The Morgan fingerprint density at radius 1 is 1.29 bits per heavy atom. The summed E-state index contributed by atoms with van der Waals surface area (Å²) in [7, 11) is 0. The number of urea groups is 1. The normalized spacial score (nSPS) is 12.9. The number of allylic oxidation sites excluding steroid dienone is 1. The van der Waals surface area contributed by atoms with Crippen molar-refractivity contribution in [3.8, 4) is 6.07 Å². The van der Waals surface area contributed by atoms with Gasteiger partial charge >= 0.3 is 12.0 Å². The number of ether oxygens (including phenoxy) is 1. The van der Waals surface area contributed by atoms with Crippen LogP contribution >= 0.6 is 0 Å². The van der Waals surface area contributed by atoms with Crippen molar-refractivity contribution in [3.63, 3.8) is 0 Å². The summed E-state index contributed by atoms with van der Waals surface area (Å²) in [5.41, 5.74) is 10.1. The van der Waals surface area contributed by atoms with Gasteiger partial charge in [-0.1, -0.05) is 13.8 Å². The van der Waals surface area contributed by atoms with Crippen molar-refractivity contribution >= 4 is 17.8 Å². The van der Waals surface area contributed by atoms with E-state index in [9.17, 15) is 14.4 Å². The van der Waals surface area contributed by atoms with Gasteiger partial charge in [-0.25, -0.2) is 9.59 Å². The molecular formula is C13H20N4O4. The van der Waals surface area contributed by atoms with Gasteiger partial charge in [-0.05, 0) is 19.3 Å². The zero-order valence-corrected chi connectivity index (χ0v) is 12.3. The van der Waals surface area contributed by atoms with E-state index in [1.807, 2.05) is 13.8 Å². The second-order valence-electron chi connectivity index (χ2n) is 4.89. The van der Waals surface area contributed by atoms with Crippen LogP contribution in [0.4, 0.5) is 4.79 Å². The minimum Gasteiger partial charge on any atom is -0.456 e. The summed E-state index contributed by atoms with van der Waals surface area (Å²) in [6.07, 6.45) is 0.312. The molecule has 8 heteroatoms. The predicted molar refractivity (Wildman–Crippen MR) is 74.4 cm³/mol. The molecule has 0 bridgehead atoms. The molecule has 0 radical (unpaired) electrons. The van der Waals surface area contributed by atoms with E-state index in [2.05, 4.69) is 5.32 Å². The first kappa shape index (κ1) is 18.4. The summed E-state index contributed by atoms with van der Waals surface area (Å²) < 4.78 is 4.80. The lowest BCUT2D eigenvalue weighted by atomic mass is 10.0. The first-order chi connectivity index (χ1) is 9.68. The molecule has 0 aromatic rings. The number of rotatable bonds is 7.